The summed E-state index contributed by atoms with van der Waals surface area (Å²) in [6.07, 6.45) is 2.17. The summed E-state index contributed by atoms with van der Waals surface area (Å²) >= 11 is 1.44. The molecule has 4 heteroatoms. The van der Waals surface area contributed by atoms with Crippen LogP contribution < -0.4 is 5.32 Å². The Morgan fingerprint density at radius 2 is 2.06 bits per heavy atom. The Morgan fingerprint density at radius 1 is 1.33 bits per heavy atom. The van der Waals surface area contributed by atoms with Crippen molar-refractivity contribution in [1.82, 2.24) is 4.98 Å². The predicted octanol–water partition coefficient (Wildman–Crippen LogP) is 3.37. The van der Waals surface area contributed by atoms with Gasteiger partial charge in [-0.25, -0.2) is 4.98 Å². The number of nitrogens with one attached hydrogen (secondary N) is 1. The molecule has 1 aromatic heterocycles. The molecule has 0 atom stereocenters. The first-order valence-corrected chi connectivity index (χ1v) is 6.89. The average molecular weight is 260 g/mol. The Labute approximate surface area is 111 Å². The van der Waals surface area contributed by atoms with E-state index < -0.39 is 0 Å². The van der Waals surface area contributed by atoms with Gasteiger partial charge in [0.05, 0.1) is 0 Å². The molecule has 0 aliphatic heterocycles. The van der Waals surface area contributed by atoms with Crippen LogP contribution in [0, 0.1) is 0 Å². The lowest BCUT2D eigenvalue weighted by Gasteiger charge is -2.01. The number of hydrogen-bond donors (Lipinski definition) is 1. The molecule has 0 amide bonds. The molecule has 2 aromatic rings. The number of aromatic nitrogens is 1. The first kappa shape index (κ1) is 12.8. The van der Waals surface area contributed by atoms with Crippen molar-refractivity contribution in [2.75, 3.05) is 12.4 Å². The maximum atomic E-state index is 12.2. The second-order valence-electron chi connectivity index (χ2n) is 4.06. The monoisotopic (exact) mass is 260 g/mol. The molecular formula is C14H16N2OS. The van der Waals surface area contributed by atoms with E-state index >= 15 is 0 Å². The molecule has 1 N–H and O–H groups in total. The van der Waals surface area contributed by atoms with E-state index in [-0.39, 0.29) is 5.78 Å². The van der Waals surface area contributed by atoms with E-state index in [9.17, 15) is 4.79 Å². The maximum absolute atomic E-state index is 12.2. The zero-order valence-electron chi connectivity index (χ0n) is 10.6. The molecule has 0 unspecified atom stereocenters. The lowest BCUT2D eigenvalue weighted by molar-refractivity contribution is 0.103. The van der Waals surface area contributed by atoms with Gasteiger partial charge in [0, 0.05) is 18.0 Å². The highest BCUT2D eigenvalue weighted by molar-refractivity contribution is 7.13. The minimum absolute atomic E-state index is 0.0178. The van der Waals surface area contributed by atoms with Crippen LogP contribution in [0.2, 0.25) is 0 Å². The number of rotatable bonds is 5. The van der Waals surface area contributed by atoms with E-state index in [0.29, 0.717) is 11.3 Å². The lowest BCUT2D eigenvalue weighted by Crippen LogP contribution is -2.02. The first-order valence-electron chi connectivity index (χ1n) is 6.01. The summed E-state index contributed by atoms with van der Waals surface area (Å²) in [4.78, 5) is 16.4. The van der Waals surface area contributed by atoms with Crippen molar-refractivity contribution in [2.45, 2.75) is 19.8 Å². The van der Waals surface area contributed by atoms with Crippen LogP contribution in [0.25, 0.3) is 0 Å². The fourth-order valence-corrected chi connectivity index (χ4v) is 2.40. The van der Waals surface area contributed by atoms with Gasteiger partial charge >= 0.3 is 0 Å². The molecule has 0 spiro atoms. The van der Waals surface area contributed by atoms with Crippen molar-refractivity contribution in [3.8, 4) is 0 Å². The molecule has 0 saturated carbocycles. The van der Waals surface area contributed by atoms with Gasteiger partial charge in [-0.2, -0.15) is 0 Å². The van der Waals surface area contributed by atoms with Crippen molar-refractivity contribution < 1.29 is 4.79 Å². The Hall–Kier alpha value is -1.68. The number of thiazole rings is 1. The van der Waals surface area contributed by atoms with Crippen molar-refractivity contribution in [1.29, 1.82) is 0 Å². The third kappa shape index (κ3) is 2.76. The number of carbonyl (C=O) groups is 1. The van der Waals surface area contributed by atoms with Crippen molar-refractivity contribution in [2.24, 2.45) is 0 Å². The summed E-state index contributed by atoms with van der Waals surface area (Å²) in [5.74, 6) is -0.0178. The van der Waals surface area contributed by atoms with Crippen molar-refractivity contribution in [3.05, 3.63) is 46.5 Å². The molecule has 0 radical (unpaired) electrons. The normalized spacial score (nSPS) is 10.3. The van der Waals surface area contributed by atoms with Crippen LogP contribution in [0.5, 0.6) is 0 Å². The second kappa shape index (κ2) is 5.78. The number of carbonyl (C=O) groups excluding carboxylic acids is 1. The Bertz CT molecular complexity index is 531. The molecular weight excluding hydrogens is 244 g/mol. The van der Waals surface area contributed by atoms with E-state index in [4.69, 9.17) is 0 Å². The van der Waals surface area contributed by atoms with Gasteiger partial charge in [0.25, 0.3) is 0 Å². The van der Waals surface area contributed by atoms with E-state index in [1.165, 1.54) is 16.9 Å². The summed E-state index contributed by atoms with van der Waals surface area (Å²) in [6.45, 7) is 2.15. The van der Waals surface area contributed by atoms with Crippen LogP contribution in [0.3, 0.4) is 0 Å². The van der Waals surface area contributed by atoms with Crippen LogP contribution in [0.1, 0.15) is 35.0 Å². The summed E-state index contributed by atoms with van der Waals surface area (Å²) < 4.78 is 0. The topological polar surface area (TPSA) is 42.0 Å². The van der Waals surface area contributed by atoms with Gasteiger partial charge in [-0.3, -0.25) is 4.79 Å². The third-order valence-electron chi connectivity index (χ3n) is 2.71. The summed E-state index contributed by atoms with van der Waals surface area (Å²) in [5.41, 5.74) is 2.47. The van der Waals surface area contributed by atoms with Gasteiger partial charge < -0.3 is 5.32 Å². The molecule has 0 saturated heterocycles. The predicted molar refractivity (Wildman–Crippen MR) is 75.5 cm³/mol. The fourth-order valence-electron chi connectivity index (χ4n) is 1.75. The minimum atomic E-state index is -0.0178. The van der Waals surface area contributed by atoms with E-state index in [1.807, 2.05) is 24.3 Å². The summed E-state index contributed by atoms with van der Waals surface area (Å²) in [7, 11) is 1.80. The Morgan fingerprint density at radius 3 is 2.61 bits per heavy atom. The molecule has 94 valence electrons. The number of anilines is 1. The molecule has 18 heavy (non-hydrogen) atoms. The van der Waals surface area contributed by atoms with Gasteiger partial charge in [0.1, 0.15) is 5.69 Å². The summed E-state index contributed by atoms with van der Waals surface area (Å²) in [6, 6.07) is 7.79. The molecule has 3 nitrogen and oxygen atoms in total. The number of nitrogens with zero attached hydrogens (tertiary/aromatic N) is 1. The molecule has 0 bridgehead atoms. The highest BCUT2D eigenvalue weighted by atomic mass is 32.1. The highest BCUT2D eigenvalue weighted by Gasteiger charge is 2.12. The molecule has 1 aromatic carbocycles. The maximum Gasteiger partial charge on any atom is 0.212 e. The lowest BCUT2D eigenvalue weighted by atomic mass is 10.0. The van der Waals surface area contributed by atoms with Crippen molar-refractivity contribution in [3.63, 3.8) is 0 Å². The van der Waals surface area contributed by atoms with Gasteiger partial charge in [-0.1, -0.05) is 37.6 Å². The number of ketones is 1. The number of aryl methyl sites for hydroxylation is 1. The van der Waals surface area contributed by atoms with Gasteiger partial charge in [0.15, 0.2) is 5.13 Å². The molecule has 0 aliphatic rings. The van der Waals surface area contributed by atoms with Crippen LogP contribution in [-0.2, 0) is 6.42 Å². The van der Waals surface area contributed by atoms with Gasteiger partial charge in [-0.15, -0.1) is 11.3 Å². The zero-order valence-corrected chi connectivity index (χ0v) is 11.4. The van der Waals surface area contributed by atoms with Crippen LogP contribution in [0.15, 0.2) is 29.6 Å². The first-order chi connectivity index (χ1) is 8.74. The van der Waals surface area contributed by atoms with Crippen LogP contribution >= 0.6 is 11.3 Å². The highest BCUT2D eigenvalue weighted by Crippen LogP contribution is 2.18. The zero-order chi connectivity index (χ0) is 13.0. The Balaban J connectivity index is 2.17. The SMILES string of the molecule is CCCc1ccc(C(=O)c2csc(NC)n2)cc1. The standard InChI is InChI=1S/C14H16N2OS/c1-3-4-10-5-7-11(8-6-10)13(17)12-9-18-14(15-2)16-12/h5-9H,3-4H2,1-2H3,(H,15,16). The van der Waals surface area contributed by atoms with Crippen LogP contribution in [-0.4, -0.2) is 17.8 Å². The Kier molecular flexibility index (Phi) is 4.10. The molecule has 2 rings (SSSR count). The van der Waals surface area contributed by atoms with E-state index in [0.717, 1.165) is 18.0 Å². The smallest absolute Gasteiger partial charge is 0.212 e. The molecule has 1 heterocycles. The van der Waals surface area contributed by atoms with Gasteiger partial charge in [-0.05, 0) is 12.0 Å². The van der Waals surface area contributed by atoms with Gasteiger partial charge in [0.2, 0.25) is 5.78 Å². The second-order valence-corrected chi connectivity index (χ2v) is 4.92. The van der Waals surface area contributed by atoms with E-state index in [1.54, 1.807) is 12.4 Å². The van der Waals surface area contributed by atoms with E-state index in [2.05, 4.69) is 17.2 Å². The molecule has 0 aliphatic carbocycles. The number of benzene rings is 1. The number of hydrogen-bond acceptors (Lipinski definition) is 4. The van der Waals surface area contributed by atoms with Crippen LogP contribution in [0.4, 0.5) is 5.13 Å². The van der Waals surface area contributed by atoms with Crippen molar-refractivity contribution >= 4 is 22.3 Å². The minimum Gasteiger partial charge on any atom is -0.365 e. The third-order valence-corrected chi connectivity index (χ3v) is 3.57. The average Bonchev–Trinajstić information content (AvgIpc) is 2.88. The fraction of sp³-hybridized carbons (Fsp3) is 0.286. The summed E-state index contributed by atoms with van der Waals surface area (Å²) in [5, 5.41) is 5.49. The molecule has 0 fully saturated rings. The largest absolute Gasteiger partial charge is 0.365 e. The quantitative estimate of drug-likeness (QED) is 0.838.